The maximum absolute atomic E-state index is 12.5. The van der Waals surface area contributed by atoms with Gasteiger partial charge in [-0.1, -0.05) is 6.07 Å². The number of hydrogen-bond donors (Lipinski definition) is 0. The molecular weight excluding hydrogens is 287 g/mol. The summed E-state index contributed by atoms with van der Waals surface area (Å²) in [5.74, 6) is 0. The first kappa shape index (κ1) is 13.0. The molecule has 0 amide bonds. The van der Waals surface area contributed by atoms with Crippen LogP contribution in [0.1, 0.15) is 5.56 Å². The van der Waals surface area contributed by atoms with Crippen LogP contribution in [-0.4, -0.2) is 13.4 Å². The monoisotopic (exact) mass is 293 g/mol. The lowest BCUT2D eigenvalue weighted by Gasteiger charge is -2.07. The van der Waals surface area contributed by atoms with Crippen LogP contribution in [0.3, 0.4) is 0 Å². The molecule has 0 spiro atoms. The summed E-state index contributed by atoms with van der Waals surface area (Å²) >= 11 is 0.929. The molecule has 0 saturated heterocycles. The van der Waals surface area contributed by atoms with Crippen LogP contribution in [0.5, 0.6) is 0 Å². The molecule has 18 heavy (non-hydrogen) atoms. The minimum absolute atomic E-state index is 0.0330. The maximum Gasteiger partial charge on any atom is 0.416 e. The molecule has 0 unspecified atom stereocenters. The third kappa shape index (κ3) is 2.39. The van der Waals surface area contributed by atoms with Crippen LogP contribution in [0.15, 0.2) is 45.1 Å². The molecule has 2 rings (SSSR count). The summed E-state index contributed by atoms with van der Waals surface area (Å²) in [4.78, 5) is 3.50. The summed E-state index contributed by atoms with van der Waals surface area (Å²) in [6.07, 6.45) is -3.76. The molecule has 2 aromatic rings. The van der Waals surface area contributed by atoms with Gasteiger partial charge in [-0.25, -0.2) is 13.4 Å². The first-order valence-corrected chi connectivity index (χ1v) is 7.00. The SMILES string of the molecule is O=S(=O)(c1cc(C(F)(F)F)ccn1)c1cccs1. The summed E-state index contributed by atoms with van der Waals surface area (Å²) in [7, 11) is -3.97. The lowest BCUT2D eigenvalue weighted by Crippen LogP contribution is -2.09. The fourth-order valence-electron chi connectivity index (χ4n) is 1.25. The summed E-state index contributed by atoms with van der Waals surface area (Å²) in [5, 5.41) is 0.931. The molecule has 2 heterocycles. The number of sulfone groups is 1. The minimum atomic E-state index is -4.59. The second kappa shape index (κ2) is 4.36. The first-order valence-electron chi connectivity index (χ1n) is 4.63. The molecule has 0 N–H and O–H groups in total. The van der Waals surface area contributed by atoms with Gasteiger partial charge < -0.3 is 0 Å². The predicted molar refractivity (Wildman–Crippen MR) is 59.0 cm³/mol. The first-order chi connectivity index (χ1) is 8.32. The van der Waals surface area contributed by atoms with Crippen molar-refractivity contribution >= 4 is 21.2 Å². The second-order valence-electron chi connectivity index (χ2n) is 3.32. The molecule has 0 atom stereocenters. The highest BCUT2D eigenvalue weighted by Crippen LogP contribution is 2.31. The summed E-state index contributed by atoms with van der Waals surface area (Å²) in [5.41, 5.74) is -1.03. The fourth-order valence-corrected chi connectivity index (χ4v) is 3.58. The van der Waals surface area contributed by atoms with E-state index in [4.69, 9.17) is 0 Å². The van der Waals surface area contributed by atoms with Crippen LogP contribution in [-0.2, 0) is 16.0 Å². The van der Waals surface area contributed by atoms with E-state index in [1.54, 1.807) is 0 Å². The Morgan fingerprint density at radius 1 is 1.22 bits per heavy atom. The van der Waals surface area contributed by atoms with E-state index in [1.807, 2.05) is 0 Å². The number of thiophene rings is 1. The minimum Gasteiger partial charge on any atom is -0.244 e. The summed E-state index contributed by atoms with van der Waals surface area (Å²) < 4.78 is 61.3. The van der Waals surface area contributed by atoms with E-state index in [9.17, 15) is 21.6 Å². The van der Waals surface area contributed by atoms with E-state index in [2.05, 4.69) is 4.98 Å². The van der Waals surface area contributed by atoms with Crippen molar-refractivity contribution in [2.45, 2.75) is 15.4 Å². The zero-order valence-corrected chi connectivity index (χ0v) is 10.3. The number of hydrogen-bond acceptors (Lipinski definition) is 4. The van der Waals surface area contributed by atoms with E-state index >= 15 is 0 Å². The van der Waals surface area contributed by atoms with Gasteiger partial charge >= 0.3 is 6.18 Å². The van der Waals surface area contributed by atoms with Gasteiger partial charge in [0.05, 0.1) is 5.56 Å². The number of rotatable bonds is 2. The smallest absolute Gasteiger partial charge is 0.244 e. The molecule has 0 saturated carbocycles. The highest BCUT2D eigenvalue weighted by Gasteiger charge is 2.32. The van der Waals surface area contributed by atoms with E-state index < -0.39 is 26.6 Å². The number of pyridine rings is 1. The Morgan fingerprint density at radius 3 is 2.50 bits per heavy atom. The average Bonchev–Trinajstić information content (AvgIpc) is 2.82. The van der Waals surface area contributed by atoms with E-state index in [0.717, 1.165) is 23.6 Å². The normalized spacial score (nSPS) is 12.6. The van der Waals surface area contributed by atoms with E-state index in [0.29, 0.717) is 6.07 Å². The van der Waals surface area contributed by atoms with E-state index in [1.165, 1.54) is 17.5 Å². The number of halogens is 3. The van der Waals surface area contributed by atoms with Crippen LogP contribution >= 0.6 is 11.3 Å². The highest BCUT2D eigenvalue weighted by molar-refractivity contribution is 7.93. The molecule has 2 aromatic heterocycles. The lowest BCUT2D eigenvalue weighted by atomic mass is 10.3. The Kier molecular flexibility index (Phi) is 3.16. The quantitative estimate of drug-likeness (QED) is 0.855. The van der Waals surface area contributed by atoms with Gasteiger partial charge in [0, 0.05) is 6.20 Å². The maximum atomic E-state index is 12.5. The van der Waals surface area contributed by atoms with Crippen LogP contribution in [0.25, 0.3) is 0 Å². The molecule has 0 aromatic carbocycles. The van der Waals surface area contributed by atoms with Crippen molar-refractivity contribution in [1.82, 2.24) is 4.98 Å². The third-order valence-electron chi connectivity index (χ3n) is 2.10. The van der Waals surface area contributed by atoms with Crippen molar-refractivity contribution in [3.8, 4) is 0 Å². The van der Waals surface area contributed by atoms with Gasteiger partial charge in [-0.3, -0.25) is 0 Å². The molecule has 0 aliphatic heterocycles. The van der Waals surface area contributed by atoms with Gasteiger partial charge in [-0.05, 0) is 23.6 Å². The lowest BCUT2D eigenvalue weighted by molar-refractivity contribution is -0.137. The van der Waals surface area contributed by atoms with Gasteiger partial charge in [0.25, 0.3) is 0 Å². The van der Waals surface area contributed by atoms with Crippen molar-refractivity contribution in [3.63, 3.8) is 0 Å². The van der Waals surface area contributed by atoms with Crippen LogP contribution in [0.4, 0.5) is 13.2 Å². The molecule has 96 valence electrons. The Hall–Kier alpha value is -1.41. The van der Waals surface area contributed by atoms with Gasteiger partial charge in [0.15, 0.2) is 5.03 Å². The molecule has 0 aliphatic rings. The number of alkyl halides is 3. The zero-order valence-electron chi connectivity index (χ0n) is 8.68. The Balaban J connectivity index is 2.54. The Labute approximate surface area is 105 Å². The predicted octanol–water partition coefficient (Wildman–Crippen LogP) is 2.99. The Bertz CT molecular complexity index is 648. The highest BCUT2D eigenvalue weighted by atomic mass is 32.2. The van der Waals surface area contributed by atoms with Crippen LogP contribution in [0, 0.1) is 0 Å². The van der Waals surface area contributed by atoms with Crippen molar-refractivity contribution in [3.05, 3.63) is 41.4 Å². The molecule has 0 fully saturated rings. The Morgan fingerprint density at radius 2 is 1.94 bits per heavy atom. The largest absolute Gasteiger partial charge is 0.416 e. The third-order valence-corrected chi connectivity index (χ3v) is 5.15. The molecule has 0 aliphatic carbocycles. The molecule has 0 bridgehead atoms. The van der Waals surface area contributed by atoms with Gasteiger partial charge in [-0.2, -0.15) is 13.2 Å². The topological polar surface area (TPSA) is 47.0 Å². The van der Waals surface area contributed by atoms with Crippen LogP contribution < -0.4 is 0 Å². The van der Waals surface area contributed by atoms with E-state index in [-0.39, 0.29) is 4.21 Å². The van der Waals surface area contributed by atoms with Crippen molar-refractivity contribution in [2.75, 3.05) is 0 Å². The van der Waals surface area contributed by atoms with Crippen LogP contribution in [0.2, 0.25) is 0 Å². The standard InChI is InChI=1S/C10H6F3NO2S2/c11-10(12,13)7-3-4-14-8(6-7)18(15,16)9-2-1-5-17-9/h1-6H. The van der Waals surface area contributed by atoms with Gasteiger partial charge in [0.2, 0.25) is 9.84 Å². The zero-order chi connectivity index (χ0) is 13.4. The van der Waals surface area contributed by atoms with Crippen molar-refractivity contribution in [1.29, 1.82) is 0 Å². The second-order valence-corrected chi connectivity index (χ2v) is 6.39. The van der Waals surface area contributed by atoms with Gasteiger partial charge in [0.1, 0.15) is 4.21 Å². The molecule has 3 nitrogen and oxygen atoms in total. The summed E-state index contributed by atoms with van der Waals surface area (Å²) in [6.45, 7) is 0. The van der Waals surface area contributed by atoms with Gasteiger partial charge in [-0.15, -0.1) is 11.3 Å². The van der Waals surface area contributed by atoms with Crippen molar-refractivity contribution in [2.24, 2.45) is 0 Å². The molecule has 8 heteroatoms. The number of nitrogens with zero attached hydrogens (tertiary/aromatic N) is 1. The summed E-state index contributed by atoms with van der Waals surface area (Å²) in [6, 6.07) is 4.09. The molecule has 0 radical (unpaired) electrons. The molecular formula is C10H6F3NO2S2. The fraction of sp³-hybridized carbons (Fsp3) is 0.100. The van der Waals surface area contributed by atoms with Crippen molar-refractivity contribution < 1.29 is 21.6 Å². The number of aromatic nitrogens is 1. The average molecular weight is 293 g/mol.